The maximum atomic E-state index is 12.9. The number of nitrogens with zero attached hydrogens (tertiary/aromatic N) is 4. The molecule has 4 rings (SSSR count). The molecule has 0 bridgehead atoms. The number of primary amides is 1. The fourth-order valence-corrected chi connectivity index (χ4v) is 3.66. The number of aryl methyl sites for hydroxylation is 1. The quantitative estimate of drug-likeness (QED) is 0.602. The lowest BCUT2D eigenvalue weighted by molar-refractivity contribution is -0.119. The predicted octanol–water partition coefficient (Wildman–Crippen LogP) is 3.00. The zero-order valence-corrected chi connectivity index (χ0v) is 17.7. The molecule has 1 unspecified atom stereocenters. The molecule has 0 radical (unpaired) electrons. The highest BCUT2D eigenvalue weighted by atomic mass is 79.9. The third-order valence-electron chi connectivity index (χ3n) is 4.65. The first kappa shape index (κ1) is 19.8. The van der Waals surface area contributed by atoms with E-state index < -0.39 is 17.9 Å². The first-order valence-corrected chi connectivity index (χ1v) is 10.1. The average Bonchev–Trinajstić information content (AvgIpc) is 3.33. The number of hydrogen-bond donors (Lipinski definition) is 2. The maximum absolute atomic E-state index is 12.9. The highest BCUT2D eigenvalue weighted by Gasteiger charge is 2.35. The number of halogens is 1. The molecule has 2 amide bonds. The normalized spacial score (nSPS) is 15.7. The second kappa shape index (κ2) is 8.11. The van der Waals surface area contributed by atoms with E-state index in [1.807, 2.05) is 61.5 Å². The Balaban J connectivity index is 1.61. The number of rotatable bonds is 5. The van der Waals surface area contributed by atoms with E-state index in [1.54, 1.807) is 10.7 Å². The van der Waals surface area contributed by atoms with Crippen LogP contribution >= 0.6 is 15.9 Å². The molecule has 1 aliphatic rings. The van der Waals surface area contributed by atoms with Crippen molar-refractivity contribution in [3.63, 3.8) is 0 Å². The number of nitrogens with one attached hydrogen (secondary N) is 1. The molecule has 8 nitrogen and oxygen atoms in total. The second-order valence-corrected chi connectivity index (χ2v) is 7.78. The number of benzene rings is 2. The molecule has 2 aromatic carbocycles. The third-order valence-corrected chi connectivity index (χ3v) is 5.14. The Kier molecular flexibility index (Phi) is 5.37. The summed E-state index contributed by atoms with van der Waals surface area (Å²) in [5, 5.41) is 13.2. The van der Waals surface area contributed by atoms with Crippen LogP contribution in [0, 0.1) is 6.92 Å². The van der Waals surface area contributed by atoms with Crippen LogP contribution < -0.4 is 16.1 Å². The van der Waals surface area contributed by atoms with E-state index in [2.05, 4.69) is 31.4 Å². The van der Waals surface area contributed by atoms with Gasteiger partial charge in [-0.25, -0.2) is 4.68 Å². The zero-order chi connectivity index (χ0) is 21.3. The molecular weight excluding hydrogens is 448 g/mol. The molecule has 30 heavy (non-hydrogen) atoms. The van der Waals surface area contributed by atoms with Gasteiger partial charge >= 0.3 is 0 Å². The van der Waals surface area contributed by atoms with E-state index in [-0.39, 0.29) is 12.1 Å². The molecule has 0 spiro atoms. The lowest BCUT2D eigenvalue weighted by Gasteiger charge is -2.20. The topological polar surface area (TPSA) is 106 Å². The van der Waals surface area contributed by atoms with Gasteiger partial charge < -0.3 is 11.1 Å². The molecule has 152 valence electrons. The van der Waals surface area contributed by atoms with Crippen molar-refractivity contribution in [3.05, 3.63) is 70.8 Å². The van der Waals surface area contributed by atoms with Crippen molar-refractivity contribution in [2.24, 2.45) is 10.8 Å². The molecule has 3 aromatic rings. The number of carbonyl (C=O) groups excluding carboxylic acids is 2. The van der Waals surface area contributed by atoms with Gasteiger partial charge in [-0.3, -0.25) is 14.6 Å². The van der Waals surface area contributed by atoms with E-state index in [0.29, 0.717) is 11.5 Å². The van der Waals surface area contributed by atoms with Crippen molar-refractivity contribution in [1.29, 1.82) is 0 Å². The van der Waals surface area contributed by atoms with Gasteiger partial charge in [0.05, 0.1) is 17.1 Å². The van der Waals surface area contributed by atoms with Crippen molar-refractivity contribution >= 4 is 45.0 Å². The fourth-order valence-electron chi connectivity index (χ4n) is 3.27. The molecule has 0 fully saturated rings. The first-order valence-electron chi connectivity index (χ1n) is 9.27. The monoisotopic (exact) mass is 466 g/mol. The van der Waals surface area contributed by atoms with Crippen LogP contribution in [0.15, 0.2) is 70.2 Å². The average molecular weight is 467 g/mol. The Morgan fingerprint density at radius 2 is 1.83 bits per heavy atom. The fraction of sp³-hybridized carbons (Fsp3) is 0.143. The lowest BCUT2D eigenvalue weighted by atomic mass is 10.1. The van der Waals surface area contributed by atoms with Crippen LogP contribution in [0.2, 0.25) is 0 Å². The minimum atomic E-state index is -0.718. The highest BCUT2D eigenvalue weighted by Crippen LogP contribution is 2.25. The second-order valence-electron chi connectivity index (χ2n) is 6.87. The smallest absolute Gasteiger partial charge is 0.273 e. The van der Waals surface area contributed by atoms with Crippen molar-refractivity contribution in [3.8, 4) is 5.69 Å². The molecule has 3 N–H and O–H groups in total. The molecule has 9 heteroatoms. The summed E-state index contributed by atoms with van der Waals surface area (Å²) in [7, 11) is 0. The number of anilines is 2. The predicted molar refractivity (Wildman–Crippen MR) is 119 cm³/mol. The van der Waals surface area contributed by atoms with E-state index in [0.717, 1.165) is 15.9 Å². The van der Waals surface area contributed by atoms with Crippen molar-refractivity contribution in [2.75, 3.05) is 10.3 Å². The Hall–Kier alpha value is -3.46. The number of aromatic nitrogens is 2. The number of amides is 2. The Morgan fingerprint density at radius 1 is 1.10 bits per heavy atom. The molecule has 0 saturated carbocycles. The van der Waals surface area contributed by atoms with Crippen LogP contribution in [0.4, 0.5) is 11.5 Å². The van der Waals surface area contributed by atoms with E-state index >= 15 is 0 Å². The van der Waals surface area contributed by atoms with Gasteiger partial charge in [-0.2, -0.15) is 10.2 Å². The molecule has 1 aromatic heterocycles. The first-order chi connectivity index (χ1) is 14.4. The van der Waals surface area contributed by atoms with Gasteiger partial charge in [0.1, 0.15) is 17.6 Å². The summed E-state index contributed by atoms with van der Waals surface area (Å²) in [4.78, 5) is 24.9. The van der Waals surface area contributed by atoms with Gasteiger partial charge in [0.25, 0.3) is 5.91 Å². The largest absolute Gasteiger partial charge is 0.368 e. The number of carbonyl (C=O) groups is 2. The van der Waals surface area contributed by atoms with Gasteiger partial charge in [-0.05, 0) is 37.3 Å². The Labute approximate surface area is 181 Å². The Bertz CT molecular complexity index is 1140. The van der Waals surface area contributed by atoms with Crippen molar-refractivity contribution in [2.45, 2.75) is 19.4 Å². The summed E-state index contributed by atoms with van der Waals surface area (Å²) in [5.74, 6) is -0.441. The number of para-hydroxylation sites is 1. The van der Waals surface area contributed by atoms with Gasteiger partial charge in [-0.15, -0.1) is 0 Å². The minimum absolute atomic E-state index is 0.125. The molecule has 1 atom stereocenters. The Morgan fingerprint density at radius 3 is 2.53 bits per heavy atom. The summed E-state index contributed by atoms with van der Waals surface area (Å²) >= 11 is 3.45. The molecule has 0 saturated heterocycles. The van der Waals surface area contributed by atoms with Crippen LogP contribution in [0.3, 0.4) is 0 Å². The van der Waals surface area contributed by atoms with Crippen molar-refractivity contribution in [1.82, 2.24) is 9.78 Å². The molecular formula is C21H19BrN6O2. The summed E-state index contributed by atoms with van der Waals surface area (Å²) in [6.07, 6.45) is 0.125. The minimum Gasteiger partial charge on any atom is -0.368 e. The van der Waals surface area contributed by atoms with E-state index in [1.165, 1.54) is 5.01 Å². The number of nitrogens with two attached hydrogens (primary N) is 1. The SMILES string of the molecule is Cc1cc(NC(=O)C2=NN(c3ccccc3)C(C(N)=O)C2)n(-c2cccc(Br)c2)n1. The number of hydrogen-bond acceptors (Lipinski definition) is 5. The molecule has 1 aliphatic heterocycles. The molecule has 2 heterocycles. The summed E-state index contributed by atoms with van der Waals surface area (Å²) in [6, 6.07) is 17.8. The lowest BCUT2D eigenvalue weighted by Crippen LogP contribution is -2.39. The standard InChI is InChI=1S/C21H19BrN6O2/c1-13-10-19(28(25-13)16-9-5-6-14(22)11-16)24-21(30)17-12-18(20(23)29)27(26-17)15-7-3-2-4-8-15/h2-11,18H,12H2,1H3,(H2,23,29)(H,24,30). The molecule has 0 aliphatic carbocycles. The van der Waals surface area contributed by atoms with Gasteiger partial charge in [0.15, 0.2) is 0 Å². The van der Waals surface area contributed by atoms with E-state index in [9.17, 15) is 9.59 Å². The van der Waals surface area contributed by atoms with Gasteiger partial charge in [-0.1, -0.05) is 40.2 Å². The summed E-state index contributed by atoms with van der Waals surface area (Å²) in [5.41, 5.74) is 8.01. The van der Waals surface area contributed by atoms with E-state index in [4.69, 9.17) is 5.73 Å². The van der Waals surface area contributed by atoms with Crippen LogP contribution in [0.25, 0.3) is 5.69 Å². The van der Waals surface area contributed by atoms with Crippen LogP contribution in [-0.4, -0.2) is 33.3 Å². The highest BCUT2D eigenvalue weighted by molar-refractivity contribution is 9.10. The maximum Gasteiger partial charge on any atom is 0.273 e. The van der Waals surface area contributed by atoms with Crippen molar-refractivity contribution < 1.29 is 9.59 Å². The zero-order valence-electron chi connectivity index (χ0n) is 16.1. The summed E-state index contributed by atoms with van der Waals surface area (Å²) in [6.45, 7) is 1.84. The third kappa shape index (κ3) is 3.97. The summed E-state index contributed by atoms with van der Waals surface area (Å²) < 4.78 is 2.54. The van der Waals surface area contributed by atoms with Gasteiger partial charge in [0, 0.05) is 17.0 Å². The van der Waals surface area contributed by atoms with Crippen LogP contribution in [-0.2, 0) is 9.59 Å². The van der Waals surface area contributed by atoms with Crippen LogP contribution in [0.5, 0.6) is 0 Å². The number of hydrazone groups is 1. The van der Waals surface area contributed by atoms with Gasteiger partial charge in [0.2, 0.25) is 5.91 Å². The van der Waals surface area contributed by atoms with Crippen LogP contribution in [0.1, 0.15) is 12.1 Å².